The second-order valence-corrected chi connectivity index (χ2v) is 11.7. The molecule has 4 rings (SSSR count). The molecule has 1 aliphatic carbocycles. The van der Waals surface area contributed by atoms with E-state index in [9.17, 15) is 23.2 Å². The highest BCUT2D eigenvalue weighted by molar-refractivity contribution is 7.93. The van der Waals surface area contributed by atoms with Gasteiger partial charge in [0.2, 0.25) is 0 Å². The lowest BCUT2D eigenvalue weighted by Gasteiger charge is -2.36. The van der Waals surface area contributed by atoms with Gasteiger partial charge in [-0.15, -0.1) is 0 Å². The fourth-order valence-electron chi connectivity index (χ4n) is 5.12. The van der Waals surface area contributed by atoms with Crippen molar-refractivity contribution >= 4 is 33.3 Å². The number of benzene rings is 2. The molecule has 1 amide bonds. The number of halogens is 1. The molecule has 1 heterocycles. The summed E-state index contributed by atoms with van der Waals surface area (Å²) in [6, 6.07) is 10.00. The van der Waals surface area contributed by atoms with Gasteiger partial charge < -0.3 is 14.8 Å². The third-order valence-corrected chi connectivity index (χ3v) is 9.89. The average Bonchev–Trinajstić information content (AvgIpc) is 3.25. The molecular weight excluding hydrogens is 496 g/mol. The number of hydrogen-bond acceptors (Lipinski definition) is 8. The fraction of sp³-hybridized carbons (Fsp3) is 0.417. The van der Waals surface area contributed by atoms with Crippen LogP contribution in [0.2, 0.25) is 5.02 Å². The van der Waals surface area contributed by atoms with Crippen LogP contribution in [0.5, 0.6) is 11.5 Å². The Bertz CT molecular complexity index is 1230. The second kappa shape index (κ2) is 9.77. The number of ether oxygens (including phenoxy) is 2. The van der Waals surface area contributed by atoms with E-state index >= 15 is 0 Å². The van der Waals surface area contributed by atoms with Gasteiger partial charge in [0.1, 0.15) is 11.5 Å². The van der Waals surface area contributed by atoms with Crippen LogP contribution in [0.3, 0.4) is 0 Å². The molecule has 0 radical (unpaired) electrons. The zero-order chi connectivity index (χ0) is 25.3. The van der Waals surface area contributed by atoms with E-state index in [1.54, 1.807) is 17.6 Å². The number of esters is 1. The van der Waals surface area contributed by atoms with Gasteiger partial charge in [-0.3, -0.25) is 10.0 Å². The van der Waals surface area contributed by atoms with Crippen molar-refractivity contribution in [3.05, 3.63) is 53.1 Å². The summed E-state index contributed by atoms with van der Waals surface area (Å²) in [5.74, 6) is -1.06. The molecule has 9 nitrogen and oxygen atoms in total. The number of methoxy groups -OCH3 is 1. The van der Waals surface area contributed by atoms with Crippen molar-refractivity contribution < 1.29 is 32.7 Å². The zero-order valence-electron chi connectivity index (χ0n) is 19.2. The Hall–Kier alpha value is -2.66. The maximum absolute atomic E-state index is 13.8. The van der Waals surface area contributed by atoms with Gasteiger partial charge in [0.25, 0.3) is 5.91 Å². The van der Waals surface area contributed by atoms with Crippen LogP contribution in [0.25, 0.3) is 0 Å². The summed E-state index contributed by atoms with van der Waals surface area (Å²) in [5.41, 5.74) is 1.55. The standard InChI is InChI=1S/C24H27ClN2O7S/c1-33-17-4-2-16(3-5-17)21(28)34-20-7-6-18(14-19(20)25)35(31,32)24(22(29)27-30)9-8-23(15-24)10-12-26-13-11-23/h2-7,14,26,30H,8-13,15H2,1H3,(H,27,29). The summed E-state index contributed by atoms with van der Waals surface area (Å²) < 4.78 is 36.2. The van der Waals surface area contributed by atoms with Crippen molar-refractivity contribution in [3.63, 3.8) is 0 Å². The number of carbonyl (C=O) groups is 2. The lowest BCUT2D eigenvalue weighted by molar-refractivity contribution is -0.132. The first-order valence-electron chi connectivity index (χ1n) is 11.2. The number of hydroxylamine groups is 1. The fourth-order valence-corrected chi connectivity index (χ4v) is 7.54. The van der Waals surface area contributed by atoms with E-state index in [-0.39, 0.29) is 39.5 Å². The number of carbonyl (C=O) groups excluding carboxylic acids is 2. The van der Waals surface area contributed by atoms with E-state index in [0.717, 1.165) is 25.9 Å². The highest BCUT2D eigenvalue weighted by Gasteiger charge is 2.60. The Balaban J connectivity index is 1.61. The smallest absolute Gasteiger partial charge is 0.343 e. The largest absolute Gasteiger partial charge is 0.497 e. The van der Waals surface area contributed by atoms with Gasteiger partial charge >= 0.3 is 5.97 Å². The van der Waals surface area contributed by atoms with Crippen LogP contribution >= 0.6 is 11.6 Å². The summed E-state index contributed by atoms with van der Waals surface area (Å²) in [7, 11) is -2.74. The first-order valence-corrected chi connectivity index (χ1v) is 13.1. The number of amides is 1. The third-order valence-electron chi connectivity index (χ3n) is 7.16. The van der Waals surface area contributed by atoms with E-state index in [1.165, 1.54) is 37.4 Å². The molecule has 2 aliphatic rings. The maximum atomic E-state index is 13.8. The van der Waals surface area contributed by atoms with E-state index in [1.807, 2.05) is 0 Å². The molecule has 2 aromatic rings. The Morgan fingerprint density at radius 2 is 1.74 bits per heavy atom. The Labute approximate surface area is 208 Å². The first kappa shape index (κ1) is 25.4. The number of rotatable bonds is 6. The minimum atomic E-state index is -4.25. The quantitative estimate of drug-likeness (QED) is 0.228. The summed E-state index contributed by atoms with van der Waals surface area (Å²) in [6.07, 6.45) is 2.27. The molecule has 1 saturated heterocycles. The molecule has 35 heavy (non-hydrogen) atoms. The molecule has 11 heteroatoms. The van der Waals surface area contributed by atoms with Gasteiger partial charge in [0.15, 0.2) is 14.6 Å². The summed E-state index contributed by atoms with van der Waals surface area (Å²) >= 11 is 6.30. The normalized spacial score (nSPS) is 21.5. The molecule has 1 spiro atoms. The van der Waals surface area contributed by atoms with Crippen LogP contribution in [0, 0.1) is 5.41 Å². The highest BCUT2D eigenvalue weighted by atomic mass is 35.5. The van der Waals surface area contributed by atoms with Gasteiger partial charge in [-0.1, -0.05) is 11.6 Å². The summed E-state index contributed by atoms with van der Waals surface area (Å²) in [4.78, 5) is 25.1. The van der Waals surface area contributed by atoms with Gasteiger partial charge in [-0.25, -0.2) is 18.7 Å². The Morgan fingerprint density at radius 3 is 2.34 bits per heavy atom. The van der Waals surface area contributed by atoms with E-state index in [4.69, 9.17) is 21.1 Å². The van der Waals surface area contributed by atoms with Crippen molar-refractivity contribution in [2.24, 2.45) is 5.41 Å². The Kier molecular flexibility index (Phi) is 7.10. The third kappa shape index (κ3) is 4.63. The van der Waals surface area contributed by atoms with Crippen molar-refractivity contribution in [1.82, 2.24) is 10.8 Å². The predicted molar refractivity (Wildman–Crippen MR) is 128 cm³/mol. The monoisotopic (exact) mass is 522 g/mol. The van der Waals surface area contributed by atoms with Crippen molar-refractivity contribution in [1.29, 1.82) is 0 Å². The van der Waals surface area contributed by atoms with Crippen LogP contribution in [0.15, 0.2) is 47.4 Å². The van der Waals surface area contributed by atoms with E-state index < -0.39 is 26.5 Å². The van der Waals surface area contributed by atoms with Crippen molar-refractivity contribution in [3.8, 4) is 11.5 Å². The second-order valence-electron chi connectivity index (χ2n) is 9.08. The molecule has 188 valence electrons. The topological polar surface area (TPSA) is 131 Å². The van der Waals surface area contributed by atoms with Gasteiger partial charge in [0, 0.05) is 0 Å². The van der Waals surface area contributed by atoms with Crippen LogP contribution < -0.4 is 20.3 Å². The molecule has 2 fully saturated rings. The van der Waals surface area contributed by atoms with Gasteiger partial charge in [-0.2, -0.15) is 0 Å². The molecule has 3 N–H and O–H groups in total. The van der Waals surface area contributed by atoms with E-state index in [2.05, 4.69) is 5.32 Å². The molecule has 2 aromatic carbocycles. The van der Waals surface area contributed by atoms with Gasteiger partial charge in [0.05, 0.1) is 22.6 Å². The summed E-state index contributed by atoms with van der Waals surface area (Å²) in [6.45, 7) is 1.49. The lowest BCUT2D eigenvalue weighted by atomic mass is 9.77. The van der Waals surface area contributed by atoms with Crippen LogP contribution in [-0.2, 0) is 14.6 Å². The number of nitrogens with one attached hydrogen (secondary N) is 2. The highest BCUT2D eigenvalue weighted by Crippen LogP contribution is 2.54. The minimum absolute atomic E-state index is 0.0201. The first-order chi connectivity index (χ1) is 16.7. The number of piperidine rings is 1. The maximum Gasteiger partial charge on any atom is 0.343 e. The average molecular weight is 523 g/mol. The molecule has 1 atom stereocenters. The lowest BCUT2D eigenvalue weighted by Crippen LogP contribution is -2.51. The van der Waals surface area contributed by atoms with Gasteiger partial charge in [-0.05, 0) is 93.1 Å². The molecular formula is C24H27ClN2O7S. The molecule has 1 unspecified atom stereocenters. The molecule has 1 saturated carbocycles. The van der Waals surface area contributed by atoms with Crippen molar-refractivity contribution in [2.45, 2.75) is 41.7 Å². The van der Waals surface area contributed by atoms with Crippen LogP contribution in [-0.4, -0.2) is 50.4 Å². The van der Waals surface area contributed by atoms with Crippen molar-refractivity contribution in [2.75, 3.05) is 20.2 Å². The minimum Gasteiger partial charge on any atom is -0.497 e. The van der Waals surface area contributed by atoms with Crippen LogP contribution in [0.4, 0.5) is 0 Å². The number of hydrogen-bond donors (Lipinski definition) is 3. The molecule has 1 aliphatic heterocycles. The summed E-state index contributed by atoms with van der Waals surface area (Å²) in [5, 5.41) is 12.6. The SMILES string of the molecule is COc1ccc(C(=O)Oc2ccc(S(=O)(=O)C3(C(=O)NO)CCC4(CCNCC4)C3)cc2Cl)cc1. The van der Waals surface area contributed by atoms with Crippen LogP contribution in [0.1, 0.15) is 42.5 Å². The number of sulfone groups is 1. The Morgan fingerprint density at radius 1 is 1.06 bits per heavy atom. The van der Waals surface area contributed by atoms with E-state index in [0.29, 0.717) is 12.2 Å². The predicted octanol–water partition coefficient (Wildman–Crippen LogP) is 3.14. The molecule has 0 bridgehead atoms. The zero-order valence-corrected chi connectivity index (χ0v) is 20.7. The molecule has 0 aromatic heterocycles.